The lowest BCUT2D eigenvalue weighted by Gasteiger charge is -2.30. The molecule has 162 valence electrons. The molecule has 2 rings (SSSR count). The van der Waals surface area contributed by atoms with Gasteiger partial charge in [-0.2, -0.15) is 0 Å². The van der Waals surface area contributed by atoms with Crippen LogP contribution in [0, 0.1) is 0 Å². The van der Waals surface area contributed by atoms with Crippen LogP contribution in [0.2, 0.25) is 5.02 Å². The van der Waals surface area contributed by atoms with Crippen molar-refractivity contribution in [3.05, 3.63) is 29.3 Å². The van der Waals surface area contributed by atoms with E-state index in [1.54, 1.807) is 6.92 Å². The van der Waals surface area contributed by atoms with Crippen LogP contribution in [0.3, 0.4) is 0 Å². The molecule has 1 heterocycles. The fraction of sp³-hybridized carbons (Fsp3) is 0.600. The van der Waals surface area contributed by atoms with Gasteiger partial charge >= 0.3 is 5.97 Å². The van der Waals surface area contributed by atoms with Gasteiger partial charge in [0.05, 0.1) is 17.9 Å². The van der Waals surface area contributed by atoms with Crippen molar-refractivity contribution in [2.45, 2.75) is 44.0 Å². The van der Waals surface area contributed by atoms with Gasteiger partial charge in [0.2, 0.25) is 5.91 Å². The van der Waals surface area contributed by atoms with Crippen molar-refractivity contribution in [3.63, 3.8) is 0 Å². The number of likely N-dealkylation sites (tertiary alicyclic amines) is 1. The lowest BCUT2D eigenvalue weighted by atomic mass is 10.2. The molecular formula is C20H29ClN2O5S. The number of likely N-dealkylation sites (N-methyl/N-ethyl adjacent to an activating group) is 1. The number of hydrogen-bond acceptors (Lipinski definition) is 6. The van der Waals surface area contributed by atoms with Crippen LogP contribution in [0.15, 0.2) is 29.2 Å². The van der Waals surface area contributed by atoms with Gasteiger partial charge in [0.1, 0.15) is 5.75 Å². The molecule has 1 amide bonds. The summed E-state index contributed by atoms with van der Waals surface area (Å²) in [7, 11) is -3.80. The summed E-state index contributed by atoms with van der Waals surface area (Å²) < 4.78 is 30.3. The van der Waals surface area contributed by atoms with Gasteiger partial charge in [0, 0.05) is 24.2 Å². The molecule has 0 bridgehead atoms. The van der Waals surface area contributed by atoms with Gasteiger partial charge in [-0.05, 0) is 57.1 Å². The number of esters is 1. The van der Waals surface area contributed by atoms with Crippen LogP contribution >= 0.6 is 11.6 Å². The average Bonchev–Trinajstić information content (AvgIpc) is 3.12. The normalized spacial score (nSPS) is 17.3. The summed E-state index contributed by atoms with van der Waals surface area (Å²) in [4.78, 5) is 28.5. The summed E-state index contributed by atoms with van der Waals surface area (Å²) >= 11 is 5.82. The van der Waals surface area contributed by atoms with Crippen molar-refractivity contribution < 1.29 is 22.7 Å². The summed E-state index contributed by atoms with van der Waals surface area (Å²) in [5.74, 6) is -1.55. The molecule has 0 N–H and O–H groups in total. The molecule has 1 aromatic rings. The van der Waals surface area contributed by atoms with Crippen molar-refractivity contribution in [2.75, 3.05) is 38.5 Å². The molecule has 0 radical (unpaired) electrons. The molecule has 9 heteroatoms. The number of ether oxygens (including phenoxy) is 1. The zero-order chi connectivity index (χ0) is 21.4. The summed E-state index contributed by atoms with van der Waals surface area (Å²) in [5.41, 5.74) is 0. The average molecular weight is 445 g/mol. The first kappa shape index (κ1) is 23.6. The van der Waals surface area contributed by atoms with E-state index in [1.165, 1.54) is 29.2 Å². The van der Waals surface area contributed by atoms with E-state index < -0.39 is 27.5 Å². The van der Waals surface area contributed by atoms with Gasteiger partial charge in [-0.15, -0.1) is 0 Å². The monoisotopic (exact) mass is 444 g/mol. The Kier molecular flexibility index (Phi) is 8.92. The Balaban J connectivity index is 2.11. The number of carbonyl (C=O) groups is 2. The highest BCUT2D eigenvalue weighted by Crippen LogP contribution is 2.19. The lowest BCUT2D eigenvalue weighted by Crippen LogP contribution is -2.45. The number of hydrogen-bond donors (Lipinski definition) is 0. The second-order valence-corrected chi connectivity index (χ2v) is 9.46. The number of halogens is 1. The summed E-state index contributed by atoms with van der Waals surface area (Å²) in [6.45, 7) is 6.43. The summed E-state index contributed by atoms with van der Waals surface area (Å²) in [6.07, 6.45) is 2.03. The zero-order valence-corrected chi connectivity index (χ0v) is 18.5. The predicted molar refractivity (Wildman–Crippen MR) is 112 cm³/mol. The molecule has 0 saturated carbocycles. The van der Waals surface area contributed by atoms with Crippen LogP contribution in [0.25, 0.3) is 0 Å². The Bertz CT molecular complexity index is 798. The van der Waals surface area contributed by atoms with E-state index in [4.69, 9.17) is 16.3 Å². The second kappa shape index (κ2) is 10.9. The number of sulfone groups is 1. The third-order valence-corrected chi connectivity index (χ3v) is 6.94. The van der Waals surface area contributed by atoms with E-state index in [0.717, 1.165) is 25.9 Å². The SMILES string of the molecule is CCOC(=O)CCN(CC1CCCN1CC)C(=O)CS(=O)(=O)c1ccc(Cl)cc1. The highest BCUT2D eigenvalue weighted by Gasteiger charge is 2.30. The molecule has 1 aliphatic rings. The molecule has 29 heavy (non-hydrogen) atoms. The summed E-state index contributed by atoms with van der Waals surface area (Å²) in [6, 6.07) is 5.92. The van der Waals surface area contributed by atoms with Gasteiger partial charge in [0.15, 0.2) is 9.84 Å². The van der Waals surface area contributed by atoms with E-state index in [2.05, 4.69) is 11.8 Å². The largest absolute Gasteiger partial charge is 0.466 e. The van der Waals surface area contributed by atoms with Crippen molar-refractivity contribution in [3.8, 4) is 0 Å². The standard InChI is InChI=1S/C20H29ClN2O5S/c1-3-22-12-5-6-17(22)14-23(13-11-20(25)28-4-2)19(24)15-29(26,27)18-9-7-16(21)8-10-18/h7-10,17H,3-6,11-15H2,1-2H3. The van der Waals surface area contributed by atoms with Crippen molar-refractivity contribution in [1.82, 2.24) is 9.80 Å². The van der Waals surface area contributed by atoms with Crippen LogP contribution in [0.5, 0.6) is 0 Å². The van der Waals surface area contributed by atoms with Crippen LogP contribution in [-0.4, -0.2) is 74.7 Å². The quantitative estimate of drug-likeness (QED) is 0.515. The Morgan fingerprint density at radius 2 is 1.93 bits per heavy atom. The smallest absolute Gasteiger partial charge is 0.307 e. The number of nitrogens with zero attached hydrogens (tertiary/aromatic N) is 2. The Morgan fingerprint density at radius 1 is 1.24 bits per heavy atom. The van der Waals surface area contributed by atoms with Crippen LogP contribution < -0.4 is 0 Å². The Labute approximate surface area is 177 Å². The highest BCUT2D eigenvalue weighted by atomic mass is 35.5. The van der Waals surface area contributed by atoms with Crippen molar-refractivity contribution in [1.29, 1.82) is 0 Å². The van der Waals surface area contributed by atoms with Crippen molar-refractivity contribution in [2.24, 2.45) is 0 Å². The molecule has 1 aliphatic heterocycles. The Hall–Kier alpha value is -1.64. The molecular weight excluding hydrogens is 416 g/mol. The lowest BCUT2D eigenvalue weighted by molar-refractivity contribution is -0.144. The minimum Gasteiger partial charge on any atom is -0.466 e. The molecule has 7 nitrogen and oxygen atoms in total. The Morgan fingerprint density at radius 3 is 2.55 bits per heavy atom. The van der Waals surface area contributed by atoms with E-state index in [9.17, 15) is 18.0 Å². The van der Waals surface area contributed by atoms with Gasteiger partial charge in [-0.1, -0.05) is 18.5 Å². The second-order valence-electron chi connectivity index (χ2n) is 7.03. The zero-order valence-electron chi connectivity index (χ0n) is 17.0. The highest BCUT2D eigenvalue weighted by molar-refractivity contribution is 7.92. The minimum absolute atomic E-state index is 0.0411. The van der Waals surface area contributed by atoms with E-state index in [-0.39, 0.29) is 30.5 Å². The minimum atomic E-state index is -3.80. The molecule has 0 aliphatic carbocycles. The molecule has 1 atom stereocenters. The number of rotatable bonds is 10. The molecule has 1 unspecified atom stereocenters. The van der Waals surface area contributed by atoms with Crippen LogP contribution in [0.1, 0.15) is 33.1 Å². The predicted octanol–water partition coefficient (Wildman–Crippen LogP) is 2.38. The first-order valence-electron chi connectivity index (χ1n) is 9.92. The van der Waals surface area contributed by atoms with Crippen LogP contribution in [-0.2, 0) is 24.2 Å². The molecule has 1 fully saturated rings. The van der Waals surface area contributed by atoms with Gasteiger partial charge < -0.3 is 9.64 Å². The maximum atomic E-state index is 12.9. The third kappa shape index (κ3) is 6.97. The number of amides is 1. The van der Waals surface area contributed by atoms with Crippen molar-refractivity contribution >= 4 is 33.3 Å². The fourth-order valence-corrected chi connectivity index (χ4v) is 4.88. The maximum Gasteiger partial charge on any atom is 0.307 e. The number of carbonyl (C=O) groups excluding carboxylic acids is 2. The van der Waals surface area contributed by atoms with Gasteiger partial charge in [-0.3, -0.25) is 14.5 Å². The van der Waals surface area contributed by atoms with Crippen LogP contribution in [0.4, 0.5) is 0 Å². The summed E-state index contributed by atoms with van der Waals surface area (Å²) in [5, 5.41) is 0.423. The van der Waals surface area contributed by atoms with E-state index in [1.807, 2.05) is 0 Å². The molecule has 1 saturated heterocycles. The first-order valence-corrected chi connectivity index (χ1v) is 12.0. The molecule has 1 aromatic carbocycles. The van der Waals surface area contributed by atoms with E-state index in [0.29, 0.717) is 11.6 Å². The molecule has 0 spiro atoms. The fourth-order valence-electron chi connectivity index (χ4n) is 3.53. The van der Waals surface area contributed by atoms with E-state index >= 15 is 0 Å². The third-order valence-electron chi connectivity index (χ3n) is 5.07. The van der Waals surface area contributed by atoms with Gasteiger partial charge in [-0.25, -0.2) is 8.42 Å². The topological polar surface area (TPSA) is 84.0 Å². The molecule has 0 aromatic heterocycles. The first-order chi connectivity index (χ1) is 13.8. The number of benzene rings is 1. The maximum absolute atomic E-state index is 12.9. The van der Waals surface area contributed by atoms with Gasteiger partial charge in [0.25, 0.3) is 0 Å².